The summed E-state index contributed by atoms with van der Waals surface area (Å²) in [6, 6.07) is 11.1. The number of carbonyl (C=O) groups excluding carboxylic acids is 8. The fraction of sp³-hybridized carbons (Fsp3) is 0.463. The Hall–Kier alpha value is -6.24. The molecule has 0 aliphatic carbocycles. The van der Waals surface area contributed by atoms with Gasteiger partial charge in [-0.15, -0.1) is 25.3 Å². The zero-order valence-corrected chi connectivity index (χ0v) is 37.3. The van der Waals surface area contributed by atoms with Crippen molar-refractivity contribution < 1.29 is 96.1 Å². The third kappa shape index (κ3) is 13.0. The Labute approximate surface area is 381 Å². The average Bonchev–Trinajstić information content (AvgIpc) is 3.19. The minimum Gasteiger partial charge on any atom is -0.479 e. The van der Waals surface area contributed by atoms with Gasteiger partial charge < -0.3 is 58.7 Å². The van der Waals surface area contributed by atoms with Crippen LogP contribution in [0.1, 0.15) is 71.9 Å². The van der Waals surface area contributed by atoms with Gasteiger partial charge in [0.25, 0.3) is 0 Å². The van der Waals surface area contributed by atoms with Crippen molar-refractivity contribution in [2.24, 2.45) is 0 Å². The van der Waals surface area contributed by atoms with Crippen LogP contribution < -0.4 is 10.6 Å². The van der Waals surface area contributed by atoms with Crippen LogP contribution in [-0.2, 0) is 95.7 Å². The van der Waals surface area contributed by atoms with Gasteiger partial charge in [0.2, 0.25) is 11.8 Å². The smallest absolute Gasteiger partial charge is 0.336 e. The van der Waals surface area contributed by atoms with Crippen LogP contribution in [0.15, 0.2) is 48.5 Å². The minimum absolute atomic E-state index is 0.0817. The molecule has 0 spiro atoms. The van der Waals surface area contributed by atoms with Crippen LogP contribution in [-0.4, -0.2) is 119 Å². The number of benzene rings is 2. The van der Waals surface area contributed by atoms with Gasteiger partial charge in [0.05, 0.1) is 0 Å². The summed E-state index contributed by atoms with van der Waals surface area (Å²) in [5.41, 5.74) is 0.700. The number of ether oxygens (including phenoxy) is 8. The normalized spacial score (nSPS) is 27.1. The Balaban J connectivity index is 1.42. The number of esters is 6. The van der Waals surface area contributed by atoms with Crippen molar-refractivity contribution in [3.8, 4) is 0 Å². The van der Waals surface area contributed by atoms with Crippen molar-refractivity contribution in [1.29, 1.82) is 0 Å². The first-order valence-corrected chi connectivity index (χ1v) is 20.4. The summed E-state index contributed by atoms with van der Waals surface area (Å²) in [6.07, 6.45) is -14.2. The molecule has 2 aromatic carbocycles. The Morgan fingerprint density at radius 1 is 0.492 bits per heavy atom. The molecule has 2 amide bonds. The molecule has 0 saturated carbocycles. The molecule has 24 heteroatoms. The van der Waals surface area contributed by atoms with E-state index in [1.807, 2.05) is 0 Å². The molecular formula is C41H46N2O20S2. The highest BCUT2D eigenvalue weighted by Gasteiger charge is 2.62. The lowest BCUT2D eigenvalue weighted by Crippen LogP contribution is -2.65. The van der Waals surface area contributed by atoms with E-state index in [4.69, 9.17) is 37.9 Å². The Morgan fingerprint density at radius 3 is 1.03 bits per heavy atom. The van der Waals surface area contributed by atoms with Gasteiger partial charge in [-0.3, -0.25) is 38.4 Å². The predicted octanol–water partition coefficient (Wildman–Crippen LogP) is 2.16. The maximum atomic E-state index is 12.9. The highest BCUT2D eigenvalue weighted by Crippen LogP contribution is 2.47. The standard InChI is InChI=1S/C41H46N2O20S2/c1-18(44)56-30-32(58-20(3)46)36(60-22(5)48)40(64,62-34(30)38(52)53)24-10-14-26(15-11-24)42-28(50)8-7-9-29(51)43-27-16-12-25(13-17-27)41(65)37(61-23(6)49)33(59-21(4)47)31(57-19(2)45)35(63-41)39(54)55/h10-17,30-37,64-65H,7-9H2,1-6H3,(H,42,50)(H,43,51)(H,52,53)(H,54,55)/t30-,31-,32-,33-,34-,35-,36+,37+,40+,41+/m0/s1. The van der Waals surface area contributed by atoms with E-state index in [0.717, 1.165) is 41.5 Å². The van der Waals surface area contributed by atoms with Crippen LogP contribution in [0, 0.1) is 0 Å². The van der Waals surface area contributed by atoms with Gasteiger partial charge >= 0.3 is 47.8 Å². The number of aliphatic carboxylic acids is 2. The summed E-state index contributed by atoms with van der Waals surface area (Å²) < 4.78 is 43.4. The van der Waals surface area contributed by atoms with Crippen molar-refractivity contribution in [2.75, 3.05) is 10.6 Å². The first-order chi connectivity index (χ1) is 30.4. The lowest BCUT2D eigenvalue weighted by atomic mass is 9.89. The second kappa shape index (κ2) is 21.6. The Bertz CT molecular complexity index is 2040. The molecular weight excluding hydrogens is 905 g/mol. The summed E-state index contributed by atoms with van der Waals surface area (Å²) in [6.45, 7) is 6.08. The molecule has 2 aliphatic rings. The lowest BCUT2D eigenvalue weighted by molar-refractivity contribution is -0.258. The van der Waals surface area contributed by atoms with Crippen LogP contribution in [0.3, 0.4) is 0 Å². The third-order valence-electron chi connectivity index (χ3n) is 9.48. The average molecular weight is 951 g/mol. The number of thiol groups is 2. The number of carboxylic acid groups (broad SMARTS) is 2. The van der Waals surface area contributed by atoms with Gasteiger partial charge in [0, 0.05) is 65.8 Å². The summed E-state index contributed by atoms with van der Waals surface area (Å²) in [4.78, 5) is 119. The monoisotopic (exact) mass is 950 g/mol. The third-order valence-corrected chi connectivity index (χ3v) is 10.7. The Kier molecular flexibility index (Phi) is 17.1. The molecule has 0 radical (unpaired) electrons. The van der Waals surface area contributed by atoms with Gasteiger partial charge in [-0.05, 0) is 41.8 Å². The van der Waals surface area contributed by atoms with Gasteiger partial charge in [-0.1, -0.05) is 24.3 Å². The van der Waals surface area contributed by atoms with Crippen molar-refractivity contribution in [1.82, 2.24) is 0 Å². The van der Waals surface area contributed by atoms with E-state index in [1.165, 1.54) is 48.5 Å². The van der Waals surface area contributed by atoms with E-state index < -0.39 is 118 Å². The van der Waals surface area contributed by atoms with E-state index in [-0.39, 0.29) is 41.8 Å². The second-order valence-corrected chi connectivity index (χ2v) is 15.9. The topological polar surface area (TPSA) is 309 Å². The number of anilines is 2. The van der Waals surface area contributed by atoms with Crippen molar-refractivity contribution in [3.05, 3.63) is 59.7 Å². The molecule has 2 saturated heterocycles. The number of carbonyl (C=O) groups is 10. The molecule has 0 aromatic heterocycles. The van der Waals surface area contributed by atoms with E-state index in [9.17, 15) is 58.2 Å². The van der Waals surface area contributed by atoms with E-state index in [2.05, 4.69) is 35.9 Å². The van der Waals surface area contributed by atoms with E-state index >= 15 is 0 Å². The predicted molar refractivity (Wildman–Crippen MR) is 224 cm³/mol. The first-order valence-electron chi connectivity index (χ1n) is 19.5. The maximum absolute atomic E-state index is 12.9. The maximum Gasteiger partial charge on any atom is 0.336 e. The van der Waals surface area contributed by atoms with Crippen LogP contribution in [0.25, 0.3) is 0 Å². The van der Waals surface area contributed by atoms with Crippen LogP contribution >= 0.6 is 25.3 Å². The molecule has 352 valence electrons. The molecule has 4 N–H and O–H groups in total. The first kappa shape index (κ1) is 51.4. The zero-order valence-electron chi connectivity index (χ0n) is 35.5. The van der Waals surface area contributed by atoms with Gasteiger partial charge in [-0.25, -0.2) is 9.59 Å². The lowest BCUT2D eigenvalue weighted by Gasteiger charge is -2.48. The van der Waals surface area contributed by atoms with E-state index in [0.29, 0.717) is 0 Å². The number of nitrogens with one attached hydrogen (secondary N) is 2. The molecule has 2 fully saturated rings. The highest BCUT2D eigenvalue weighted by atomic mass is 32.1. The molecule has 10 atom stereocenters. The van der Waals surface area contributed by atoms with Crippen LogP contribution in [0.5, 0.6) is 0 Å². The Morgan fingerprint density at radius 2 is 0.769 bits per heavy atom. The number of amides is 2. The van der Waals surface area contributed by atoms with Crippen LogP contribution in [0.4, 0.5) is 11.4 Å². The zero-order chi connectivity index (χ0) is 48.6. The quantitative estimate of drug-likeness (QED) is 0.0798. The number of hydrogen-bond donors (Lipinski definition) is 6. The SMILES string of the molecule is CC(=O)O[C@H]1[C@H](OC(C)=O)[C@@H](OC(C)=O)[C@](S)(c2ccc(NC(=O)CCCC(=O)Nc3ccc([C@]4(S)O[C@H](C(=O)O)[C@@H](OC(C)=O)[C@H](OC(C)=O)[C@H]4OC(C)=O)cc3)cc2)O[C@@H]1C(=O)O. The summed E-state index contributed by atoms with van der Waals surface area (Å²) in [5, 5.41) is 25.3. The molecule has 0 unspecified atom stereocenters. The molecule has 2 aliphatic heterocycles. The van der Waals surface area contributed by atoms with E-state index in [1.54, 1.807) is 0 Å². The van der Waals surface area contributed by atoms with Crippen molar-refractivity contribution in [2.45, 2.75) is 120 Å². The van der Waals surface area contributed by atoms with Crippen LogP contribution in [0.2, 0.25) is 0 Å². The summed E-state index contributed by atoms with van der Waals surface area (Å²) >= 11 is 9.14. The van der Waals surface area contributed by atoms with Crippen molar-refractivity contribution in [3.63, 3.8) is 0 Å². The molecule has 2 heterocycles. The second-order valence-electron chi connectivity index (χ2n) is 14.6. The molecule has 4 rings (SSSR count). The number of carboxylic acids is 2. The van der Waals surface area contributed by atoms with Gasteiger partial charge in [0.1, 0.15) is 0 Å². The fourth-order valence-electron chi connectivity index (χ4n) is 7.01. The number of hydrogen-bond acceptors (Lipinski definition) is 20. The molecule has 0 bridgehead atoms. The highest BCUT2D eigenvalue weighted by molar-refractivity contribution is 7.81. The minimum atomic E-state index is -2.10. The van der Waals surface area contributed by atoms with Gasteiger partial charge in [0.15, 0.2) is 58.7 Å². The fourth-order valence-corrected chi connectivity index (χ4v) is 7.94. The number of rotatable bonds is 16. The molecule has 65 heavy (non-hydrogen) atoms. The molecule has 22 nitrogen and oxygen atoms in total. The summed E-state index contributed by atoms with van der Waals surface area (Å²) in [5.74, 6) is -9.70. The summed E-state index contributed by atoms with van der Waals surface area (Å²) in [7, 11) is 0. The van der Waals surface area contributed by atoms with Crippen molar-refractivity contribution >= 4 is 96.2 Å². The molecule has 2 aromatic rings. The van der Waals surface area contributed by atoms with Gasteiger partial charge in [-0.2, -0.15) is 0 Å². The largest absolute Gasteiger partial charge is 0.479 e.